The van der Waals surface area contributed by atoms with Crippen molar-refractivity contribution in [2.75, 3.05) is 0 Å². The van der Waals surface area contributed by atoms with Gasteiger partial charge in [-0.05, 0) is 62.7 Å². The summed E-state index contributed by atoms with van der Waals surface area (Å²) >= 11 is 0. The van der Waals surface area contributed by atoms with Crippen LogP contribution in [0.15, 0.2) is 0 Å². The van der Waals surface area contributed by atoms with Crippen molar-refractivity contribution in [3.05, 3.63) is 0 Å². The summed E-state index contributed by atoms with van der Waals surface area (Å²) in [5.74, 6) is -0.119. The Morgan fingerprint density at radius 1 is 1.12 bits per heavy atom. The Morgan fingerprint density at radius 2 is 1.83 bits per heavy atom. The fourth-order valence-corrected chi connectivity index (χ4v) is 7.65. The molecule has 2 N–H and O–H groups in total. The number of carbonyl (C=O) groups is 2. The molecule has 0 heterocycles. The van der Waals surface area contributed by atoms with Crippen LogP contribution in [0, 0.1) is 33.5 Å². The number of carboxylic acids is 1. The fourth-order valence-electron chi connectivity index (χ4n) is 7.65. The predicted octanol–water partition coefficient (Wildman–Crippen LogP) is 3.41. The van der Waals surface area contributed by atoms with Crippen molar-refractivity contribution in [3.8, 4) is 0 Å². The first-order valence-corrected chi connectivity index (χ1v) is 9.53. The normalized spacial score (nSPS) is 56.5. The summed E-state index contributed by atoms with van der Waals surface area (Å²) in [6, 6.07) is 0. The molecule has 4 heteroatoms. The minimum Gasteiger partial charge on any atom is -0.481 e. The molecule has 0 aliphatic heterocycles. The van der Waals surface area contributed by atoms with Gasteiger partial charge in [-0.15, -0.1) is 0 Å². The van der Waals surface area contributed by atoms with Crippen molar-refractivity contribution in [1.82, 2.24) is 0 Å². The van der Waals surface area contributed by atoms with Crippen LogP contribution in [0.1, 0.15) is 72.1 Å². The molecule has 4 aliphatic rings. The number of carboxylic acid groups (broad SMARTS) is 1. The summed E-state index contributed by atoms with van der Waals surface area (Å²) in [4.78, 5) is 24.7. The molecule has 0 aromatic rings. The maximum atomic E-state index is 12.7. The molecule has 7 atom stereocenters. The summed E-state index contributed by atoms with van der Waals surface area (Å²) in [6.07, 6.45) is 5.83. The molecule has 24 heavy (non-hydrogen) atoms. The van der Waals surface area contributed by atoms with Crippen molar-refractivity contribution < 1.29 is 19.8 Å². The molecular formula is C20H30O4. The Hall–Kier alpha value is -0.900. The van der Waals surface area contributed by atoms with Crippen molar-refractivity contribution in [3.63, 3.8) is 0 Å². The lowest BCUT2D eigenvalue weighted by Gasteiger charge is -2.65. The monoisotopic (exact) mass is 334 g/mol. The van der Waals surface area contributed by atoms with Gasteiger partial charge in [-0.25, -0.2) is 0 Å². The standard InChI is InChI=1S/C20H30O4/c1-17-8-5-12-18(2)6-4-7-19(3,16(23)24)13(18)9-14(21)20(12,11-17)10-15(17)22/h12-14,21H,4-11H2,1-3H3,(H,23,24)/t12-,13-,14+,17+,18+,19-,20-/m1/s1. The molecule has 4 nitrogen and oxygen atoms in total. The largest absolute Gasteiger partial charge is 0.481 e. The van der Waals surface area contributed by atoms with Gasteiger partial charge in [0.05, 0.1) is 11.5 Å². The second-order valence-electron chi connectivity index (χ2n) is 10.0. The Bertz CT molecular complexity index is 615. The number of aliphatic hydroxyl groups is 1. The lowest BCUT2D eigenvalue weighted by molar-refractivity contribution is -0.211. The number of rotatable bonds is 1. The second-order valence-corrected chi connectivity index (χ2v) is 10.0. The Morgan fingerprint density at radius 3 is 2.50 bits per heavy atom. The quantitative estimate of drug-likeness (QED) is 0.770. The van der Waals surface area contributed by atoms with Gasteiger partial charge in [0.15, 0.2) is 0 Å². The highest BCUT2D eigenvalue weighted by atomic mass is 16.4. The van der Waals surface area contributed by atoms with E-state index in [0.29, 0.717) is 25.0 Å². The van der Waals surface area contributed by atoms with E-state index >= 15 is 0 Å². The zero-order chi connectivity index (χ0) is 17.5. The lowest BCUT2D eigenvalue weighted by Crippen LogP contribution is -2.63. The molecule has 2 bridgehead atoms. The number of aliphatic hydroxyl groups excluding tert-OH is 1. The van der Waals surface area contributed by atoms with Crippen LogP contribution in [0.2, 0.25) is 0 Å². The SMILES string of the molecule is C[C@@]12CC[C@@H]3[C@]4(C)CCC[C@@](C)(C(=O)O)[C@@H]4C[C@H](O)[C@]3(CC1=O)C2. The predicted molar refractivity (Wildman–Crippen MR) is 89.3 cm³/mol. The number of fused-ring (bicyclic) bond motifs is 3. The average molecular weight is 334 g/mol. The van der Waals surface area contributed by atoms with Gasteiger partial charge in [0, 0.05) is 17.3 Å². The van der Waals surface area contributed by atoms with E-state index in [-0.39, 0.29) is 28.1 Å². The van der Waals surface area contributed by atoms with Gasteiger partial charge in [0.25, 0.3) is 0 Å². The number of Topliss-reactive ketones (excluding diaryl/α,β-unsaturated/α-hetero) is 1. The molecule has 0 aromatic carbocycles. The Balaban J connectivity index is 1.81. The van der Waals surface area contributed by atoms with Crippen molar-refractivity contribution in [2.24, 2.45) is 33.5 Å². The van der Waals surface area contributed by atoms with Gasteiger partial charge in [-0.1, -0.05) is 20.3 Å². The third kappa shape index (κ3) is 1.73. The highest BCUT2D eigenvalue weighted by Crippen LogP contribution is 2.72. The first-order valence-electron chi connectivity index (χ1n) is 9.53. The van der Waals surface area contributed by atoms with Crippen LogP contribution in [0.3, 0.4) is 0 Å². The Kier molecular flexibility index (Phi) is 3.19. The first kappa shape index (κ1) is 16.6. The van der Waals surface area contributed by atoms with E-state index in [1.54, 1.807) is 0 Å². The van der Waals surface area contributed by atoms with E-state index in [2.05, 4.69) is 13.8 Å². The van der Waals surface area contributed by atoms with Crippen molar-refractivity contribution >= 4 is 11.8 Å². The molecule has 134 valence electrons. The highest BCUT2D eigenvalue weighted by molar-refractivity contribution is 5.88. The third-order valence-electron chi connectivity index (χ3n) is 8.94. The summed E-state index contributed by atoms with van der Waals surface area (Å²) < 4.78 is 0. The number of carbonyl (C=O) groups excluding carboxylic acids is 1. The molecule has 0 saturated heterocycles. The molecule has 4 aliphatic carbocycles. The topological polar surface area (TPSA) is 74.6 Å². The maximum absolute atomic E-state index is 12.7. The molecule has 4 saturated carbocycles. The molecular weight excluding hydrogens is 304 g/mol. The second kappa shape index (κ2) is 4.63. The van der Waals surface area contributed by atoms with Crippen LogP contribution in [0.5, 0.6) is 0 Å². The summed E-state index contributed by atoms with van der Waals surface area (Å²) in [7, 11) is 0. The van der Waals surface area contributed by atoms with Crippen LogP contribution < -0.4 is 0 Å². The molecule has 4 rings (SSSR count). The molecule has 0 radical (unpaired) electrons. The molecule has 4 fully saturated rings. The minimum atomic E-state index is -0.751. The zero-order valence-corrected chi connectivity index (χ0v) is 15.1. The van der Waals surface area contributed by atoms with E-state index < -0.39 is 17.5 Å². The maximum Gasteiger partial charge on any atom is 0.309 e. The number of ketones is 1. The van der Waals surface area contributed by atoms with Crippen molar-refractivity contribution in [1.29, 1.82) is 0 Å². The zero-order valence-electron chi connectivity index (χ0n) is 15.1. The molecule has 0 aromatic heterocycles. The average Bonchev–Trinajstić information content (AvgIpc) is 2.68. The van der Waals surface area contributed by atoms with Gasteiger partial charge >= 0.3 is 5.97 Å². The van der Waals surface area contributed by atoms with Crippen LogP contribution in [-0.2, 0) is 9.59 Å². The summed E-state index contributed by atoms with van der Waals surface area (Å²) in [5.41, 5.74) is -1.38. The Labute approximate surface area is 144 Å². The smallest absolute Gasteiger partial charge is 0.309 e. The molecule has 0 amide bonds. The summed E-state index contributed by atoms with van der Waals surface area (Å²) in [5, 5.41) is 21.0. The summed E-state index contributed by atoms with van der Waals surface area (Å²) in [6.45, 7) is 6.22. The van der Waals surface area contributed by atoms with Crippen LogP contribution >= 0.6 is 0 Å². The van der Waals surface area contributed by atoms with E-state index in [1.165, 1.54) is 0 Å². The lowest BCUT2D eigenvalue weighted by atomic mass is 9.39. The highest BCUT2D eigenvalue weighted by Gasteiger charge is 2.70. The fraction of sp³-hybridized carbons (Fsp3) is 0.900. The van der Waals surface area contributed by atoms with Crippen molar-refractivity contribution in [2.45, 2.75) is 78.2 Å². The van der Waals surface area contributed by atoms with E-state index in [9.17, 15) is 19.8 Å². The number of aliphatic carboxylic acids is 1. The van der Waals surface area contributed by atoms with E-state index in [1.807, 2.05) is 6.92 Å². The van der Waals surface area contributed by atoms with Crippen LogP contribution in [0.25, 0.3) is 0 Å². The van der Waals surface area contributed by atoms with Crippen LogP contribution in [-0.4, -0.2) is 28.1 Å². The van der Waals surface area contributed by atoms with E-state index in [4.69, 9.17) is 0 Å². The van der Waals surface area contributed by atoms with Gasteiger partial charge in [-0.2, -0.15) is 0 Å². The van der Waals surface area contributed by atoms with Gasteiger partial charge in [0.2, 0.25) is 0 Å². The van der Waals surface area contributed by atoms with Gasteiger partial charge in [-0.3, -0.25) is 9.59 Å². The third-order valence-corrected chi connectivity index (χ3v) is 8.94. The number of hydrogen-bond donors (Lipinski definition) is 2. The van der Waals surface area contributed by atoms with Gasteiger partial charge in [0.1, 0.15) is 5.78 Å². The molecule has 0 unspecified atom stereocenters. The minimum absolute atomic E-state index is 0.00179. The van der Waals surface area contributed by atoms with Crippen LogP contribution in [0.4, 0.5) is 0 Å². The number of hydrogen-bond acceptors (Lipinski definition) is 3. The first-order chi connectivity index (χ1) is 11.1. The molecule has 1 spiro atoms. The van der Waals surface area contributed by atoms with Gasteiger partial charge < -0.3 is 10.2 Å². The van der Waals surface area contributed by atoms with E-state index in [0.717, 1.165) is 32.1 Å².